The van der Waals surface area contributed by atoms with Crippen LogP contribution in [0.15, 0.2) is 11.1 Å². The second kappa shape index (κ2) is 4.87. The fraction of sp³-hybridized carbons (Fsp3) is 0.800. The highest BCUT2D eigenvalue weighted by Gasteiger charge is 2.64. The lowest BCUT2D eigenvalue weighted by Crippen LogP contribution is -2.46. The third kappa shape index (κ3) is 1.64. The van der Waals surface area contributed by atoms with Crippen LogP contribution in [0, 0.1) is 17.3 Å². The Morgan fingerprint density at radius 3 is 2.38 bits per heavy atom. The molecule has 0 aromatic rings. The van der Waals surface area contributed by atoms with Crippen LogP contribution in [0.1, 0.15) is 6.42 Å². The molecule has 0 amide bonds. The summed E-state index contributed by atoms with van der Waals surface area (Å²) in [6.45, 7) is 0. The molecule has 0 aromatic heterocycles. The van der Waals surface area contributed by atoms with E-state index in [4.69, 9.17) is 69.6 Å². The zero-order valence-corrected chi connectivity index (χ0v) is 12.7. The lowest BCUT2D eigenvalue weighted by molar-refractivity contribution is 0.289. The minimum Gasteiger partial charge on any atom is -0.126 e. The summed E-state index contributed by atoms with van der Waals surface area (Å²) < 4.78 is 0. The van der Waals surface area contributed by atoms with Crippen LogP contribution < -0.4 is 0 Å². The highest BCUT2D eigenvalue weighted by molar-refractivity contribution is 6.45. The summed E-state index contributed by atoms with van der Waals surface area (Å²) in [6, 6.07) is 0. The number of halogens is 6. The fourth-order valence-electron chi connectivity index (χ4n) is 3.03. The van der Waals surface area contributed by atoms with Gasteiger partial charge in [0.25, 0.3) is 0 Å². The van der Waals surface area contributed by atoms with Gasteiger partial charge in [-0.15, -0.1) is 58.0 Å². The van der Waals surface area contributed by atoms with E-state index in [1.54, 1.807) is 0 Å². The van der Waals surface area contributed by atoms with Gasteiger partial charge in [-0.2, -0.15) is 0 Å². The van der Waals surface area contributed by atoms with Crippen molar-refractivity contribution in [2.45, 2.75) is 22.0 Å². The summed E-state index contributed by atoms with van der Waals surface area (Å²) in [6.07, 6.45) is 0.865. The minimum absolute atomic E-state index is 0.101. The normalized spacial score (nSPS) is 49.6. The van der Waals surface area contributed by atoms with Crippen LogP contribution in [-0.2, 0) is 0 Å². The second-order valence-corrected chi connectivity index (χ2v) is 6.97. The van der Waals surface area contributed by atoms with Crippen molar-refractivity contribution in [2.75, 3.05) is 5.88 Å². The summed E-state index contributed by atoms with van der Waals surface area (Å²) in [5.74, 6) is 0.562. The quantitative estimate of drug-likeness (QED) is 0.619. The summed E-state index contributed by atoms with van der Waals surface area (Å²) in [7, 11) is 0. The number of alkyl halides is 5. The molecule has 16 heavy (non-hydrogen) atoms. The van der Waals surface area contributed by atoms with Gasteiger partial charge < -0.3 is 0 Å². The number of hydrogen-bond acceptors (Lipinski definition) is 0. The zero-order valence-electron chi connectivity index (χ0n) is 8.15. The maximum Gasteiger partial charge on any atom is 0.118 e. The Hall–Kier alpha value is 1.48. The topological polar surface area (TPSA) is 0 Å². The summed E-state index contributed by atoms with van der Waals surface area (Å²) in [4.78, 5) is -0.615. The van der Waals surface area contributed by atoms with Crippen molar-refractivity contribution in [3.8, 4) is 0 Å². The average Bonchev–Trinajstić information content (AvgIpc) is 2.74. The third-order valence-electron chi connectivity index (χ3n) is 3.91. The first kappa shape index (κ1) is 13.9. The SMILES string of the molecule is Cl/C=C1/C2CC([C@@H](Cl)[C@@H]2Cl)C1(CCl)C(Cl)Cl. The fourth-order valence-corrected chi connectivity index (χ4v) is 5.71. The van der Waals surface area contributed by atoms with E-state index >= 15 is 0 Å². The maximum absolute atomic E-state index is 6.31. The number of fused-ring (bicyclic) bond motifs is 2. The van der Waals surface area contributed by atoms with Crippen molar-refractivity contribution in [2.24, 2.45) is 17.3 Å². The molecule has 0 aromatic carbocycles. The van der Waals surface area contributed by atoms with E-state index in [1.165, 1.54) is 5.54 Å². The van der Waals surface area contributed by atoms with Crippen molar-refractivity contribution in [1.82, 2.24) is 0 Å². The van der Waals surface area contributed by atoms with Crippen LogP contribution in [0.4, 0.5) is 0 Å². The van der Waals surface area contributed by atoms with Crippen LogP contribution in [0.2, 0.25) is 0 Å². The van der Waals surface area contributed by atoms with Gasteiger partial charge in [0, 0.05) is 16.8 Å². The number of rotatable bonds is 2. The molecule has 0 heterocycles. The minimum atomic E-state index is -0.615. The van der Waals surface area contributed by atoms with Gasteiger partial charge in [0.15, 0.2) is 0 Å². The Balaban J connectivity index is 2.47. The standard InChI is InChI=1S/C10H10Cl6/c11-2-6-4-1-5(8(14)7(4)13)10(6,3-12)9(15)16/h2,4-5,7-9H,1,3H2/b6-2-/t4?,5?,7-,8-,10?/m1/s1. The number of allylic oxidation sites excluding steroid dienone is 1. The molecule has 2 saturated carbocycles. The lowest BCUT2D eigenvalue weighted by Gasteiger charge is -2.42. The Morgan fingerprint density at radius 2 is 1.94 bits per heavy atom. The summed E-state index contributed by atoms with van der Waals surface area (Å²) >= 11 is 36.7. The molecule has 0 spiro atoms. The molecule has 6 heteroatoms. The van der Waals surface area contributed by atoms with Gasteiger partial charge in [-0.25, -0.2) is 0 Å². The Labute approximate surface area is 125 Å². The Bertz CT molecular complexity index is 314. The van der Waals surface area contributed by atoms with Gasteiger partial charge >= 0.3 is 0 Å². The molecule has 2 bridgehead atoms. The lowest BCUT2D eigenvalue weighted by atomic mass is 9.72. The molecule has 0 radical (unpaired) electrons. The molecule has 0 nitrogen and oxygen atoms in total. The highest BCUT2D eigenvalue weighted by Crippen LogP contribution is 2.65. The van der Waals surface area contributed by atoms with Crippen molar-refractivity contribution in [3.63, 3.8) is 0 Å². The summed E-state index contributed by atoms with van der Waals surface area (Å²) in [5, 5.41) is -0.258. The van der Waals surface area contributed by atoms with Gasteiger partial charge in [-0.05, 0) is 23.8 Å². The average molecular weight is 343 g/mol. The monoisotopic (exact) mass is 340 g/mol. The molecule has 0 N–H and O–H groups in total. The molecule has 2 rings (SSSR count). The van der Waals surface area contributed by atoms with Crippen molar-refractivity contribution < 1.29 is 0 Å². The van der Waals surface area contributed by atoms with Gasteiger partial charge in [0.2, 0.25) is 0 Å². The van der Waals surface area contributed by atoms with E-state index in [2.05, 4.69) is 0 Å². The maximum atomic E-state index is 6.31. The van der Waals surface area contributed by atoms with Crippen LogP contribution in [0.3, 0.4) is 0 Å². The van der Waals surface area contributed by atoms with Crippen molar-refractivity contribution in [1.29, 1.82) is 0 Å². The molecule has 0 saturated heterocycles. The molecule has 2 fully saturated rings. The first-order valence-corrected chi connectivity index (χ1v) is 7.65. The van der Waals surface area contributed by atoms with E-state index in [9.17, 15) is 0 Å². The molecule has 2 aliphatic rings. The van der Waals surface area contributed by atoms with E-state index in [1.807, 2.05) is 0 Å². The van der Waals surface area contributed by atoms with Crippen molar-refractivity contribution >= 4 is 69.6 Å². The van der Waals surface area contributed by atoms with Crippen LogP contribution >= 0.6 is 69.6 Å². The van der Waals surface area contributed by atoms with Gasteiger partial charge in [0.1, 0.15) is 4.84 Å². The smallest absolute Gasteiger partial charge is 0.118 e. The first-order chi connectivity index (χ1) is 7.50. The van der Waals surface area contributed by atoms with E-state index in [-0.39, 0.29) is 22.6 Å². The first-order valence-electron chi connectivity index (χ1n) is 4.93. The van der Waals surface area contributed by atoms with Crippen LogP contribution in [0.5, 0.6) is 0 Å². The third-order valence-corrected chi connectivity index (χ3v) is 6.64. The molecule has 2 aliphatic carbocycles. The van der Waals surface area contributed by atoms with Gasteiger partial charge in [0.05, 0.1) is 10.8 Å². The number of hydrogen-bond donors (Lipinski definition) is 0. The highest BCUT2D eigenvalue weighted by atomic mass is 35.5. The molecule has 3 unspecified atom stereocenters. The van der Waals surface area contributed by atoms with Crippen LogP contribution in [0.25, 0.3) is 0 Å². The molecular weight excluding hydrogens is 333 g/mol. The Kier molecular flexibility index (Phi) is 4.23. The largest absolute Gasteiger partial charge is 0.126 e. The predicted octanol–water partition coefficient (Wildman–Crippen LogP) is 5.00. The van der Waals surface area contributed by atoms with E-state index in [0.717, 1.165) is 12.0 Å². The Morgan fingerprint density at radius 1 is 1.31 bits per heavy atom. The zero-order chi connectivity index (χ0) is 12.1. The predicted molar refractivity (Wildman–Crippen MR) is 73.5 cm³/mol. The van der Waals surface area contributed by atoms with E-state index in [0.29, 0.717) is 5.88 Å². The summed E-state index contributed by atoms with van der Waals surface area (Å²) in [5.41, 5.74) is 1.97. The van der Waals surface area contributed by atoms with E-state index < -0.39 is 10.3 Å². The van der Waals surface area contributed by atoms with Crippen molar-refractivity contribution in [3.05, 3.63) is 11.1 Å². The van der Waals surface area contributed by atoms with Gasteiger partial charge in [-0.1, -0.05) is 11.6 Å². The molecule has 0 aliphatic heterocycles. The van der Waals surface area contributed by atoms with Gasteiger partial charge in [-0.3, -0.25) is 0 Å². The molecular formula is C10H10Cl6. The molecule has 5 atom stereocenters. The molecule has 92 valence electrons. The van der Waals surface area contributed by atoms with Crippen LogP contribution in [-0.4, -0.2) is 21.5 Å². The second-order valence-electron chi connectivity index (χ2n) is 4.38.